The summed E-state index contributed by atoms with van der Waals surface area (Å²) in [6.45, 7) is 0.723. The molecule has 0 bridgehead atoms. The van der Waals surface area contributed by atoms with Gasteiger partial charge in [-0.15, -0.1) is 0 Å². The van der Waals surface area contributed by atoms with Gasteiger partial charge in [-0.1, -0.05) is 0 Å². The summed E-state index contributed by atoms with van der Waals surface area (Å²) in [6, 6.07) is 5.54. The molecule has 1 aliphatic heterocycles. The Kier molecular flexibility index (Phi) is 4.32. The molecule has 4 rings (SSSR count). The number of rotatable bonds is 2. The molecular weight excluding hydrogens is 284 g/mol. The molecule has 0 amide bonds. The normalized spacial score (nSPS) is 12.5. The lowest BCUT2D eigenvalue weighted by Crippen LogP contribution is -1.89. The van der Waals surface area contributed by atoms with Gasteiger partial charge in [0.2, 0.25) is 0 Å². The van der Waals surface area contributed by atoms with Crippen molar-refractivity contribution in [2.24, 2.45) is 0 Å². The van der Waals surface area contributed by atoms with Crippen LogP contribution in [-0.4, -0.2) is 26.8 Å². The SMILES string of the molecule is OCc1cc2c(cn1)OCC2.OCc1cc2ccoc2cn1. The number of hydrogen-bond acceptors (Lipinski definition) is 6. The molecule has 4 heterocycles. The number of pyridine rings is 2. The Morgan fingerprint density at radius 2 is 1.82 bits per heavy atom. The van der Waals surface area contributed by atoms with Gasteiger partial charge < -0.3 is 19.4 Å². The molecule has 6 heteroatoms. The van der Waals surface area contributed by atoms with E-state index in [1.807, 2.05) is 12.1 Å². The molecule has 0 aromatic carbocycles. The minimum atomic E-state index is -0.0267. The van der Waals surface area contributed by atoms with Crippen LogP contribution in [0.3, 0.4) is 0 Å². The predicted octanol–water partition coefficient (Wildman–Crippen LogP) is 1.83. The average molecular weight is 300 g/mol. The first kappa shape index (κ1) is 14.5. The summed E-state index contributed by atoms with van der Waals surface area (Å²) < 4.78 is 10.3. The second-order valence-electron chi connectivity index (χ2n) is 4.83. The summed E-state index contributed by atoms with van der Waals surface area (Å²) in [5, 5.41) is 18.5. The number of nitrogens with zero attached hydrogens (tertiary/aromatic N) is 2. The molecule has 22 heavy (non-hydrogen) atoms. The lowest BCUT2D eigenvalue weighted by atomic mass is 10.2. The number of aliphatic hydroxyl groups excluding tert-OH is 2. The van der Waals surface area contributed by atoms with E-state index < -0.39 is 0 Å². The molecule has 0 radical (unpaired) electrons. The van der Waals surface area contributed by atoms with Crippen molar-refractivity contribution < 1.29 is 19.4 Å². The molecule has 3 aromatic rings. The molecule has 0 aliphatic carbocycles. The zero-order valence-corrected chi connectivity index (χ0v) is 11.9. The first-order chi connectivity index (χ1) is 10.8. The molecule has 6 nitrogen and oxygen atoms in total. The van der Waals surface area contributed by atoms with Crippen molar-refractivity contribution >= 4 is 11.0 Å². The van der Waals surface area contributed by atoms with Gasteiger partial charge >= 0.3 is 0 Å². The first-order valence-electron chi connectivity index (χ1n) is 6.94. The number of furan rings is 1. The molecular formula is C16H16N2O4. The molecule has 1 aliphatic rings. The van der Waals surface area contributed by atoms with Crippen LogP contribution in [0, 0.1) is 0 Å². The smallest absolute Gasteiger partial charge is 0.152 e. The second-order valence-corrected chi connectivity index (χ2v) is 4.83. The van der Waals surface area contributed by atoms with Crippen molar-refractivity contribution in [1.82, 2.24) is 9.97 Å². The van der Waals surface area contributed by atoms with Crippen LogP contribution in [-0.2, 0) is 19.6 Å². The Labute approximate surface area is 127 Å². The minimum absolute atomic E-state index is 0.00722. The van der Waals surface area contributed by atoms with E-state index in [9.17, 15) is 0 Å². The maximum Gasteiger partial charge on any atom is 0.152 e. The summed E-state index contributed by atoms with van der Waals surface area (Å²) in [6.07, 6.45) is 5.83. The highest BCUT2D eigenvalue weighted by atomic mass is 16.5. The number of aliphatic hydroxyl groups is 2. The van der Waals surface area contributed by atoms with Crippen molar-refractivity contribution in [2.75, 3.05) is 6.61 Å². The molecule has 0 unspecified atom stereocenters. The lowest BCUT2D eigenvalue weighted by Gasteiger charge is -1.98. The van der Waals surface area contributed by atoms with Gasteiger partial charge in [-0.05, 0) is 18.2 Å². The molecule has 2 N–H and O–H groups in total. The highest BCUT2D eigenvalue weighted by Gasteiger charge is 2.12. The number of ether oxygens (including phenoxy) is 1. The summed E-state index contributed by atoms with van der Waals surface area (Å²) in [4.78, 5) is 7.95. The Balaban J connectivity index is 0.000000131. The van der Waals surface area contributed by atoms with Gasteiger partial charge in [-0.3, -0.25) is 9.97 Å². The topological polar surface area (TPSA) is 88.6 Å². The number of hydrogen-bond donors (Lipinski definition) is 2. The zero-order chi connectivity index (χ0) is 15.4. The Morgan fingerprint density at radius 1 is 1.05 bits per heavy atom. The van der Waals surface area contributed by atoms with Gasteiger partial charge in [0.1, 0.15) is 5.75 Å². The standard InChI is InChI=1S/C8H9NO2.C8H7NO2/c2*10-5-7-3-6-1-2-11-8(6)4-9-7/h3-4,10H,1-2,5H2;1-4,10H,5H2. The fourth-order valence-corrected chi connectivity index (χ4v) is 2.22. The van der Waals surface area contributed by atoms with Crippen molar-refractivity contribution in [2.45, 2.75) is 19.6 Å². The van der Waals surface area contributed by atoms with Crippen molar-refractivity contribution in [3.63, 3.8) is 0 Å². The van der Waals surface area contributed by atoms with Crippen LogP contribution in [0.15, 0.2) is 41.3 Å². The molecule has 0 spiro atoms. The van der Waals surface area contributed by atoms with Crippen molar-refractivity contribution in [3.8, 4) is 5.75 Å². The van der Waals surface area contributed by atoms with Gasteiger partial charge in [0.05, 0.1) is 49.9 Å². The lowest BCUT2D eigenvalue weighted by molar-refractivity contribution is 0.276. The minimum Gasteiger partial charge on any atom is -0.491 e. The summed E-state index contributed by atoms with van der Waals surface area (Å²) in [7, 11) is 0. The van der Waals surface area contributed by atoms with E-state index in [0.717, 1.165) is 35.3 Å². The van der Waals surface area contributed by atoms with Crippen LogP contribution < -0.4 is 4.74 Å². The van der Waals surface area contributed by atoms with E-state index in [2.05, 4.69) is 9.97 Å². The fraction of sp³-hybridized carbons (Fsp3) is 0.250. The maximum absolute atomic E-state index is 8.77. The van der Waals surface area contributed by atoms with Crippen molar-refractivity contribution in [1.29, 1.82) is 0 Å². The third-order valence-electron chi connectivity index (χ3n) is 3.35. The van der Waals surface area contributed by atoms with Crippen LogP contribution in [0.25, 0.3) is 11.0 Å². The monoisotopic (exact) mass is 300 g/mol. The predicted molar refractivity (Wildman–Crippen MR) is 79.3 cm³/mol. The Bertz CT molecular complexity index is 770. The number of fused-ring (bicyclic) bond motifs is 2. The largest absolute Gasteiger partial charge is 0.491 e. The maximum atomic E-state index is 8.77. The van der Waals surface area contributed by atoms with Gasteiger partial charge in [0, 0.05) is 17.4 Å². The van der Waals surface area contributed by atoms with Gasteiger partial charge in [0.15, 0.2) is 5.58 Å². The van der Waals surface area contributed by atoms with Gasteiger partial charge in [-0.25, -0.2) is 0 Å². The van der Waals surface area contributed by atoms with E-state index in [1.165, 1.54) is 0 Å². The summed E-state index contributed by atoms with van der Waals surface area (Å²) in [5.41, 5.74) is 3.29. The molecule has 3 aromatic heterocycles. The van der Waals surface area contributed by atoms with Crippen LogP contribution in [0.5, 0.6) is 5.75 Å². The first-order valence-corrected chi connectivity index (χ1v) is 6.94. The van der Waals surface area contributed by atoms with Crippen LogP contribution in [0.1, 0.15) is 17.0 Å². The highest BCUT2D eigenvalue weighted by molar-refractivity contribution is 5.76. The van der Waals surface area contributed by atoms with Crippen LogP contribution in [0.4, 0.5) is 0 Å². The average Bonchev–Trinajstić information content (AvgIpc) is 3.22. The van der Waals surface area contributed by atoms with E-state index in [4.69, 9.17) is 19.4 Å². The Morgan fingerprint density at radius 3 is 2.64 bits per heavy atom. The van der Waals surface area contributed by atoms with Crippen LogP contribution >= 0.6 is 0 Å². The number of aromatic nitrogens is 2. The third kappa shape index (κ3) is 3.08. The van der Waals surface area contributed by atoms with Gasteiger partial charge in [-0.2, -0.15) is 0 Å². The molecule has 0 atom stereocenters. The van der Waals surface area contributed by atoms with E-state index in [0.29, 0.717) is 11.4 Å². The summed E-state index contributed by atoms with van der Waals surface area (Å²) >= 11 is 0. The van der Waals surface area contributed by atoms with Crippen LogP contribution in [0.2, 0.25) is 0 Å². The Hall–Kier alpha value is -2.44. The van der Waals surface area contributed by atoms with E-state index in [1.54, 1.807) is 24.7 Å². The van der Waals surface area contributed by atoms with Gasteiger partial charge in [0.25, 0.3) is 0 Å². The van der Waals surface area contributed by atoms with Crippen molar-refractivity contribution in [3.05, 3.63) is 53.8 Å². The molecule has 114 valence electrons. The molecule has 0 saturated carbocycles. The quantitative estimate of drug-likeness (QED) is 0.750. The zero-order valence-electron chi connectivity index (χ0n) is 11.9. The molecule has 0 fully saturated rings. The summed E-state index contributed by atoms with van der Waals surface area (Å²) in [5.74, 6) is 0.863. The molecule has 0 saturated heterocycles. The third-order valence-corrected chi connectivity index (χ3v) is 3.35. The highest BCUT2D eigenvalue weighted by Crippen LogP contribution is 2.23. The van der Waals surface area contributed by atoms with E-state index >= 15 is 0 Å². The fourth-order valence-electron chi connectivity index (χ4n) is 2.22. The second kappa shape index (κ2) is 6.55. The van der Waals surface area contributed by atoms with E-state index in [-0.39, 0.29) is 13.2 Å².